The second-order valence-electron chi connectivity index (χ2n) is 5.77. The second kappa shape index (κ2) is 8.44. The maximum absolute atomic E-state index is 12.1. The zero-order valence-electron chi connectivity index (χ0n) is 14.0. The second-order valence-corrected chi connectivity index (χ2v) is 5.77. The van der Waals surface area contributed by atoms with E-state index in [9.17, 15) is 14.4 Å². The summed E-state index contributed by atoms with van der Waals surface area (Å²) in [6, 6.07) is 6.77. The minimum atomic E-state index is -0.230. The molecule has 1 aliphatic heterocycles. The van der Waals surface area contributed by atoms with Gasteiger partial charge >= 0.3 is 0 Å². The molecule has 0 saturated carbocycles. The zero-order valence-corrected chi connectivity index (χ0v) is 14.0. The SMILES string of the molecule is CC(=O)Nc1ccc(N(CC(=O)NCC2CCCO2)C(C)=O)cc1. The molecule has 1 aliphatic rings. The molecule has 24 heavy (non-hydrogen) atoms. The number of nitrogens with one attached hydrogen (secondary N) is 2. The first-order chi connectivity index (χ1) is 11.5. The first-order valence-electron chi connectivity index (χ1n) is 8.00. The molecule has 3 amide bonds. The number of amides is 3. The van der Waals surface area contributed by atoms with Crippen LogP contribution >= 0.6 is 0 Å². The average molecular weight is 333 g/mol. The molecule has 1 saturated heterocycles. The molecule has 1 aromatic rings. The quantitative estimate of drug-likeness (QED) is 0.821. The number of carbonyl (C=O) groups is 3. The molecule has 0 bridgehead atoms. The maximum Gasteiger partial charge on any atom is 0.240 e. The van der Waals surface area contributed by atoms with Crippen molar-refractivity contribution in [3.8, 4) is 0 Å². The van der Waals surface area contributed by atoms with Crippen molar-refractivity contribution >= 4 is 29.1 Å². The molecular weight excluding hydrogens is 310 g/mol. The van der Waals surface area contributed by atoms with E-state index in [1.54, 1.807) is 24.3 Å². The fraction of sp³-hybridized carbons (Fsp3) is 0.471. The van der Waals surface area contributed by atoms with Gasteiger partial charge in [0.15, 0.2) is 0 Å². The van der Waals surface area contributed by atoms with E-state index in [0.717, 1.165) is 19.4 Å². The van der Waals surface area contributed by atoms with Gasteiger partial charge in [0.1, 0.15) is 6.54 Å². The molecule has 0 aromatic heterocycles. The van der Waals surface area contributed by atoms with Gasteiger partial charge in [0.2, 0.25) is 17.7 Å². The number of hydrogen-bond donors (Lipinski definition) is 2. The van der Waals surface area contributed by atoms with Gasteiger partial charge in [0, 0.05) is 38.4 Å². The topological polar surface area (TPSA) is 87.7 Å². The number of anilines is 2. The summed E-state index contributed by atoms with van der Waals surface area (Å²) in [5.41, 5.74) is 1.24. The van der Waals surface area contributed by atoms with Crippen molar-refractivity contribution in [1.29, 1.82) is 0 Å². The minimum Gasteiger partial charge on any atom is -0.376 e. The van der Waals surface area contributed by atoms with Crippen LogP contribution in [0.3, 0.4) is 0 Å². The largest absolute Gasteiger partial charge is 0.376 e. The standard InChI is InChI=1S/C17H23N3O4/c1-12(21)19-14-5-7-15(8-6-14)20(13(2)22)11-17(23)18-10-16-4-3-9-24-16/h5-8,16H,3-4,9-11H2,1-2H3,(H,18,23)(H,19,21). The Labute approximate surface area is 141 Å². The van der Waals surface area contributed by atoms with Gasteiger partial charge in [-0.05, 0) is 37.1 Å². The summed E-state index contributed by atoms with van der Waals surface area (Å²) in [5.74, 6) is -0.624. The smallest absolute Gasteiger partial charge is 0.240 e. The van der Waals surface area contributed by atoms with Gasteiger partial charge in [-0.25, -0.2) is 0 Å². The molecule has 7 nitrogen and oxygen atoms in total. The highest BCUT2D eigenvalue weighted by atomic mass is 16.5. The van der Waals surface area contributed by atoms with E-state index in [1.165, 1.54) is 18.7 Å². The Hall–Kier alpha value is -2.41. The van der Waals surface area contributed by atoms with Gasteiger partial charge in [0.25, 0.3) is 0 Å². The van der Waals surface area contributed by atoms with Crippen LogP contribution in [0.4, 0.5) is 11.4 Å². The van der Waals surface area contributed by atoms with Crippen LogP contribution in [0.2, 0.25) is 0 Å². The van der Waals surface area contributed by atoms with Crippen LogP contribution in [0.25, 0.3) is 0 Å². The van der Waals surface area contributed by atoms with Gasteiger partial charge in [0.05, 0.1) is 6.10 Å². The van der Waals surface area contributed by atoms with Crippen molar-refractivity contribution in [1.82, 2.24) is 5.32 Å². The maximum atomic E-state index is 12.1. The fourth-order valence-electron chi connectivity index (χ4n) is 2.54. The van der Waals surface area contributed by atoms with Crippen molar-refractivity contribution in [3.05, 3.63) is 24.3 Å². The van der Waals surface area contributed by atoms with E-state index in [1.807, 2.05) is 0 Å². The summed E-state index contributed by atoms with van der Waals surface area (Å²) in [6.45, 7) is 3.98. The van der Waals surface area contributed by atoms with Crippen LogP contribution in [-0.2, 0) is 19.1 Å². The highest BCUT2D eigenvalue weighted by molar-refractivity contribution is 5.97. The molecule has 2 N–H and O–H groups in total. The Balaban J connectivity index is 1.94. The lowest BCUT2D eigenvalue weighted by Crippen LogP contribution is -2.42. The van der Waals surface area contributed by atoms with Gasteiger partial charge < -0.3 is 20.3 Å². The molecule has 1 aromatic carbocycles. The summed E-state index contributed by atoms with van der Waals surface area (Å²) >= 11 is 0. The lowest BCUT2D eigenvalue weighted by atomic mass is 10.2. The van der Waals surface area contributed by atoms with Crippen LogP contribution in [-0.4, -0.2) is 43.5 Å². The number of nitrogens with zero attached hydrogens (tertiary/aromatic N) is 1. The molecule has 0 radical (unpaired) electrons. The van der Waals surface area contributed by atoms with Gasteiger partial charge in [-0.1, -0.05) is 0 Å². The van der Waals surface area contributed by atoms with E-state index in [2.05, 4.69) is 10.6 Å². The van der Waals surface area contributed by atoms with Crippen molar-refractivity contribution in [2.45, 2.75) is 32.8 Å². The molecule has 0 spiro atoms. The van der Waals surface area contributed by atoms with Gasteiger partial charge in [-0.3, -0.25) is 14.4 Å². The van der Waals surface area contributed by atoms with Crippen LogP contribution < -0.4 is 15.5 Å². The summed E-state index contributed by atoms with van der Waals surface area (Å²) in [7, 11) is 0. The molecule has 130 valence electrons. The molecule has 0 aliphatic carbocycles. The predicted molar refractivity (Wildman–Crippen MR) is 90.8 cm³/mol. The highest BCUT2D eigenvalue weighted by Crippen LogP contribution is 2.18. The van der Waals surface area contributed by atoms with E-state index in [-0.39, 0.29) is 30.4 Å². The summed E-state index contributed by atoms with van der Waals surface area (Å²) in [6.07, 6.45) is 2.03. The van der Waals surface area contributed by atoms with Crippen LogP contribution in [0.1, 0.15) is 26.7 Å². The zero-order chi connectivity index (χ0) is 17.5. The number of benzene rings is 1. The molecule has 1 fully saturated rings. The van der Waals surface area contributed by atoms with E-state index >= 15 is 0 Å². The van der Waals surface area contributed by atoms with Crippen LogP contribution in [0.15, 0.2) is 24.3 Å². The summed E-state index contributed by atoms with van der Waals surface area (Å²) < 4.78 is 5.46. The first kappa shape index (κ1) is 17.9. The fourth-order valence-corrected chi connectivity index (χ4v) is 2.54. The summed E-state index contributed by atoms with van der Waals surface area (Å²) in [5, 5.41) is 5.46. The van der Waals surface area contributed by atoms with Crippen LogP contribution in [0, 0.1) is 0 Å². The monoisotopic (exact) mass is 333 g/mol. The minimum absolute atomic E-state index is 0.0540. The molecule has 1 atom stereocenters. The Bertz CT molecular complexity index is 594. The third-order valence-corrected chi connectivity index (χ3v) is 3.73. The van der Waals surface area contributed by atoms with E-state index < -0.39 is 0 Å². The van der Waals surface area contributed by atoms with Gasteiger partial charge in [-0.2, -0.15) is 0 Å². The third kappa shape index (κ3) is 5.34. The van der Waals surface area contributed by atoms with Gasteiger partial charge in [-0.15, -0.1) is 0 Å². The van der Waals surface area contributed by atoms with E-state index in [4.69, 9.17) is 4.74 Å². The third-order valence-electron chi connectivity index (χ3n) is 3.73. The Kier molecular flexibility index (Phi) is 6.31. The van der Waals surface area contributed by atoms with Crippen LogP contribution in [0.5, 0.6) is 0 Å². The van der Waals surface area contributed by atoms with Crippen molar-refractivity contribution in [2.24, 2.45) is 0 Å². The average Bonchev–Trinajstić information content (AvgIpc) is 3.04. The number of carbonyl (C=O) groups excluding carboxylic acids is 3. The molecule has 2 rings (SSSR count). The molecule has 1 unspecified atom stereocenters. The van der Waals surface area contributed by atoms with Crippen molar-refractivity contribution in [3.63, 3.8) is 0 Å². The lowest BCUT2D eigenvalue weighted by Gasteiger charge is -2.21. The normalized spacial score (nSPS) is 16.5. The first-order valence-corrected chi connectivity index (χ1v) is 8.00. The Morgan fingerprint density at radius 3 is 2.46 bits per heavy atom. The Morgan fingerprint density at radius 1 is 1.21 bits per heavy atom. The number of rotatable bonds is 6. The lowest BCUT2D eigenvalue weighted by molar-refractivity contribution is -0.123. The van der Waals surface area contributed by atoms with E-state index in [0.29, 0.717) is 17.9 Å². The molecule has 1 heterocycles. The number of ether oxygens (including phenoxy) is 1. The molecular formula is C17H23N3O4. The van der Waals surface area contributed by atoms with Crippen molar-refractivity contribution < 1.29 is 19.1 Å². The molecule has 7 heteroatoms. The number of hydrogen-bond acceptors (Lipinski definition) is 4. The highest BCUT2D eigenvalue weighted by Gasteiger charge is 2.19. The Morgan fingerprint density at radius 2 is 1.92 bits per heavy atom. The summed E-state index contributed by atoms with van der Waals surface area (Å²) in [4.78, 5) is 36.4. The van der Waals surface area contributed by atoms with Crippen molar-refractivity contribution in [2.75, 3.05) is 29.9 Å². The predicted octanol–water partition coefficient (Wildman–Crippen LogP) is 1.29.